The van der Waals surface area contributed by atoms with Crippen molar-refractivity contribution < 1.29 is 38.1 Å². The molecule has 0 atom stereocenters. The van der Waals surface area contributed by atoms with E-state index in [1.54, 1.807) is 27.7 Å². The minimum atomic E-state index is -1.12. The number of carbonyl (C=O) groups is 4. The number of esters is 4. The first kappa shape index (κ1) is 45.0. The van der Waals surface area contributed by atoms with E-state index in [9.17, 15) is 19.2 Å². The molecule has 45 heavy (non-hydrogen) atoms. The first-order valence-corrected chi connectivity index (χ1v) is 18.4. The van der Waals surface area contributed by atoms with E-state index in [-0.39, 0.29) is 26.4 Å². The minimum Gasteiger partial charge on any atom is -0.465 e. The van der Waals surface area contributed by atoms with Gasteiger partial charge in [0.05, 0.1) is 26.4 Å². The van der Waals surface area contributed by atoms with Gasteiger partial charge in [0.25, 0.3) is 0 Å². The van der Waals surface area contributed by atoms with Gasteiger partial charge < -0.3 is 18.9 Å². The second kappa shape index (κ2) is 29.3. The normalized spacial score (nSPS) is 11.3. The molecule has 0 aromatic heterocycles. The number of hydrogen-bond acceptors (Lipinski definition) is 8. The zero-order valence-electron chi connectivity index (χ0n) is 30.5. The van der Waals surface area contributed by atoms with Gasteiger partial charge in [0, 0.05) is 0 Å². The summed E-state index contributed by atoms with van der Waals surface area (Å²) in [6.45, 7) is 16.3. The maximum Gasteiger partial charge on any atom is 0.323 e. The number of rotatable bonds is 27. The van der Waals surface area contributed by atoms with Gasteiger partial charge in [0.1, 0.15) is 0 Å². The Morgan fingerprint density at radius 1 is 0.356 bits per heavy atom. The second-order valence-electron chi connectivity index (χ2n) is 11.8. The molecule has 0 aromatic rings. The van der Waals surface area contributed by atoms with Gasteiger partial charge in [-0.15, -0.1) is 0 Å². The van der Waals surface area contributed by atoms with E-state index in [1.165, 1.54) is 57.8 Å². The molecular weight excluding hydrogens is 572 g/mol. The fourth-order valence-corrected chi connectivity index (χ4v) is 5.53. The van der Waals surface area contributed by atoms with Crippen molar-refractivity contribution in [3.05, 3.63) is 0 Å². The van der Waals surface area contributed by atoms with Crippen LogP contribution in [0.25, 0.3) is 0 Å². The molecule has 0 aliphatic rings. The summed E-state index contributed by atoms with van der Waals surface area (Å²) >= 11 is 0. The molecule has 0 unspecified atom stereocenters. The lowest BCUT2D eigenvalue weighted by molar-refractivity contribution is -0.175. The number of ether oxygens (including phenoxy) is 4. The molecule has 0 aliphatic carbocycles. The topological polar surface area (TPSA) is 105 Å². The van der Waals surface area contributed by atoms with Crippen LogP contribution in [0.3, 0.4) is 0 Å². The number of carbonyl (C=O) groups excluding carboxylic acids is 4. The Hall–Kier alpha value is -2.12. The van der Waals surface area contributed by atoms with Crippen LogP contribution in [0.15, 0.2) is 0 Å². The van der Waals surface area contributed by atoms with Gasteiger partial charge in [-0.05, 0) is 53.4 Å². The Kier molecular flexibility index (Phi) is 29.3. The van der Waals surface area contributed by atoms with Crippen molar-refractivity contribution in [2.45, 2.75) is 177 Å². The van der Waals surface area contributed by atoms with E-state index < -0.39 is 34.7 Å². The van der Waals surface area contributed by atoms with Crippen LogP contribution in [0.2, 0.25) is 0 Å². The molecule has 0 amide bonds. The van der Waals surface area contributed by atoms with Crippen molar-refractivity contribution in [2.75, 3.05) is 26.4 Å². The molecule has 8 heteroatoms. The van der Waals surface area contributed by atoms with E-state index in [1.807, 2.05) is 13.8 Å². The zero-order valence-corrected chi connectivity index (χ0v) is 30.5. The summed E-state index contributed by atoms with van der Waals surface area (Å²) < 4.78 is 20.6. The molecule has 0 N–H and O–H groups in total. The van der Waals surface area contributed by atoms with Crippen LogP contribution in [-0.2, 0) is 38.1 Å². The quantitative estimate of drug-likeness (QED) is 0.0377. The van der Waals surface area contributed by atoms with Crippen LogP contribution in [0, 0.1) is 10.8 Å². The predicted octanol–water partition coefficient (Wildman–Crippen LogP) is 9.69. The van der Waals surface area contributed by atoms with Crippen molar-refractivity contribution >= 4 is 23.9 Å². The first-order valence-electron chi connectivity index (χ1n) is 18.4. The van der Waals surface area contributed by atoms with Gasteiger partial charge in [0.15, 0.2) is 10.8 Å². The highest BCUT2D eigenvalue weighted by Crippen LogP contribution is 2.34. The number of hydrogen-bond donors (Lipinski definition) is 0. The van der Waals surface area contributed by atoms with E-state index in [0.29, 0.717) is 25.7 Å². The summed E-state index contributed by atoms with van der Waals surface area (Å²) in [5.41, 5.74) is -2.23. The zero-order chi connectivity index (χ0) is 34.4. The van der Waals surface area contributed by atoms with Crippen LogP contribution in [0.5, 0.6) is 0 Å². The highest BCUT2D eigenvalue weighted by Gasteiger charge is 2.47. The Morgan fingerprint density at radius 3 is 0.778 bits per heavy atom. The SMILES string of the molecule is CCCCCCCCCC(CC)(C(=O)OCC)C(=O)OCC.CCCCCCCCCCC(CC)(C(=O)OCC)C(=O)OCC. The average Bonchev–Trinajstić information content (AvgIpc) is 3.02. The molecule has 0 fully saturated rings. The van der Waals surface area contributed by atoms with E-state index >= 15 is 0 Å². The molecule has 266 valence electrons. The van der Waals surface area contributed by atoms with Gasteiger partial charge in [0.2, 0.25) is 0 Å². The van der Waals surface area contributed by atoms with Gasteiger partial charge in [-0.25, -0.2) is 0 Å². The third-order valence-electron chi connectivity index (χ3n) is 8.54. The Labute approximate surface area is 276 Å². The van der Waals surface area contributed by atoms with Crippen molar-refractivity contribution in [3.8, 4) is 0 Å². The smallest absolute Gasteiger partial charge is 0.323 e. The molecule has 0 saturated heterocycles. The summed E-state index contributed by atoms with van der Waals surface area (Å²) in [5.74, 6) is -1.71. The van der Waals surface area contributed by atoms with Gasteiger partial charge >= 0.3 is 23.9 Å². The molecule has 0 radical (unpaired) electrons. The molecule has 0 aliphatic heterocycles. The summed E-state index contributed by atoms with van der Waals surface area (Å²) in [5, 5.41) is 0. The molecule has 0 aromatic carbocycles. The Balaban J connectivity index is 0. The van der Waals surface area contributed by atoms with Crippen molar-refractivity contribution in [3.63, 3.8) is 0 Å². The van der Waals surface area contributed by atoms with Crippen LogP contribution >= 0.6 is 0 Å². The first-order chi connectivity index (χ1) is 21.7. The molecule has 0 heterocycles. The second-order valence-corrected chi connectivity index (χ2v) is 11.8. The van der Waals surface area contributed by atoms with E-state index in [4.69, 9.17) is 18.9 Å². The molecule has 0 saturated carbocycles. The highest BCUT2D eigenvalue weighted by molar-refractivity contribution is 6.00. The fraction of sp³-hybridized carbons (Fsp3) is 0.892. The molecule has 0 spiro atoms. The summed E-state index contributed by atoms with van der Waals surface area (Å²) in [6, 6.07) is 0. The standard InChI is InChI=1S/C19H36O4.C18H34O4/c1-5-9-10-11-12-13-14-15-16-19(6-2,17(20)22-7-3)18(21)23-8-4;1-5-9-10-11-12-13-14-15-18(6-2,16(19)21-7-3)17(20)22-8-4/h5-16H2,1-4H3;5-15H2,1-4H3. The molecule has 0 bridgehead atoms. The lowest BCUT2D eigenvalue weighted by Gasteiger charge is -2.27. The van der Waals surface area contributed by atoms with Crippen LogP contribution in [0.4, 0.5) is 0 Å². The lowest BCUT2D eigenvalue weighted by atomic mass is 9.80. The number of unbranched alkanes of at least 4 members (excludes halogenated alkanes) is 13. The third kappa shape index (κ3) is 18.0. The van der Waals surface area contributed by atoms with E-state index in [0.717, 1.165) is 38.5 Å². The lowest BCUT2D eigenvalue weighted by Crippen LogP contribution is -2.41. The van der Waals surface area contributed by atoms with Gasteiger partial charge in [-0.1, -0.05) is 124 Å². The maximum atomic E-state index is 12.3. The van der Waals surface area contributed by atoms with Crippen molar-refractivity contribution in [1.82, 2.24) is 0 Å². The minimum absolute atomic E-state index is 0.289. The predicted molar refractivity (Wildman–Crippen MR) is 182 cm³/mol. The van der Waals surface area contributed by atoms with Crippen molar-refractivity contribution in [1.29, 1.82) is 0 Å². The fourth-order valence-electron chi connectivity index (χ4n) is 5.53. The highest BCUT2D eigenvalue weighted by atomic mass is 16.6. The van der Waals surface area contributed by atoms with Gasteiger partial charge in [-0.2, -0.15) is 0 Å². The summed E-state index contributed by atoms with van der Waals surface area (Å²) in [4.78, 5) is 49.2. The average molecular weight is 643 g/mol. The van der Waals surface area contributed by atoms with Crippen molar-refractivity contribution in [2.24, 2.45) is 10.8 Å². The Bertz CT molecular complexity index is 728. The summed E-state index contributed by atoms with van der Waals surface area (Å²) in [7, 11) is 0. The van der Waals surface area contributed by atoms with Crippen LogP contribution in [0.1, 0.15) is 177 Å². The van der Waals surface area contributed by atoms with Crippen LogP contribution in [-0.4, -0.2) is 50.3 Å². The van der Waals surface area contributed by atoms with Gasteiger partial charge in [-0.3, -0.25) is 19.2 Å². The monoisotopic (exact) mass is 643 g/mol. The van der Waals surface area contributed by atoms with Crippen LogP contribution < -0.4 is 0 Å². The Morgan fingerprint density at radius 2 is 0.578 bits per heavy atom. The third-order valence-corrected chi connectivity index (χ3v) is 8.54. The molecule has 8 nitrogen and oxygen atoms in total. The van der Waals surface area contributed by atoms with E-state index in [2.05, 4.69) is 13.8 Å². The largest absolute Gasteiger partial charge is 0.465 e. The molecular formula is C37H70O8. The maximum absolute atomic E-state index is 12.3. The summed E-state index contributed by atoms with van der Waals surface area (Å²) in [6.07, 6.45) is 19.5. The molecule has 0 rings (SSSR count).